The maximum Gasteiger partial charge on any atom is 0.161 e. The summed E-state index contributed by atoms with van der Waals surface area (Å²) in [5.41, 5.74) is 0. The van der Waals surface area contributed by atoms with E-state index >= 15 is 0 Å². The largest absolute Gasteiger partial charge is 0.493 e. The van der Waals surface area contributed by atoms with E-state index in [2.05, 4.69) is 29.4 Å². The molecule has 3 aromatic carbocycles. The van der Waals surface area contributed by atoms with Crippen molar-refractivity contribution in [2.45, 2.75) is 0 Å². The van der Waals surface area contributed by atoms with Gasteiger partial charge in [0.05, 0.1) is 28.4 Å². The van der Waals surface area contributed by atoms with Gasteiger partial charge in [0.1, 0.15) is 0 Å². The average molecular weight is 399 g/mol. The Morgan fingerprint density at radius 2 is 1.03 bits per heavy atom. The highest BCUT2D eigenvalue weighted by Gasteiger charge is 2.12. The van der Waals surface area contributed by atoms with Crippen molar-refractivity contribution >= 4 is 21.5 Å². The third kappa shape index (κ3) is 4.66. The number of methoxy groups -OCH3 is 4. The lowest BCUT2D eigenvalue weighted by molar-refractivity contribution is 0.291. The van der Waals surface area contributed by atoms with Crippen LogP contribution in [-0.2, 0) is 0 Å². The summed E-state index contributed by atoms with van der Waals surface area (Å²) < 4.78 is 21.6. The monoisotopic (exact) mass is 398 g/mol. The molecule has 4 rings (SSSR count). The van der Waals surface area contributed by atoms with Gasteiger partial charge in [0.2, 0.25) is 0 Å². The highest BCUT2D eigenvalue weighted by Crippen LogP contribution is 2.39. The van der Waals surface area contributed by atoms with Gasteiger partial charge in [0.25, 0.3) is 0 Å². The first-order valence-electron chi connectivity index (χ1n) is 9.71. The van der Waals surface area contributed by atoms with E-state index in [-0.39, 0.29) is 0 Å². The standard InChI is InChI=1S/C18H18O4.C5H12N2/c1-19-15-7-11-5-6-12-8-16(20-2)18(22-4)10-14(12)13(11)9-17(15)21-3;1-7-4-2-6-3-5-7/h5-10H,1-4H3;6H,2-5H2,1H3. The third-order valence-electron chi connectivity index (χ3n) is 5.18. The second-order valence-corrected chi connectivity index (χ2v) is 6.98. The van der Waals surface area contributed by atoms with Gasteiger partial charge >= 0.3 is 0 Å². The van der Waals surface area contributed by atoms with Gasteiger partial charge in [-0.2, -0.15) is 0 Å². The molecule has 0 spiro atoms. The lowest BCUT2D eigenvalue weighted by Gasteiger charge is -2.21. The van der Waals surface area contributed by atoms with Gasteiger partial charge < -0.3 is 29.2 Å². The summed E-state index contributed by atoms with van der Waals surface area (Å²) in [4.78, 5) is 2.33. The Morgan fingerprint density at radius 1 is 0.655 bits per heavy atom. The summed E-state index contributed by atoms with van der Waals surface area (Å²) >= 11 is 0. The number of rotatable bonds is 4. The zero-order valence-electron chi connectivity index (χ0n) is 17.9. The van der Waals surface area contributed by atoms with Crippen molar-refractivity contribution in [3.05, 3.63) is 36.4 Å². The minimum absolute atomic E-state index is 0.706. The van der Waals surface area contributed by atoms with Crippen LogP contribution in [0.4, 0.5) is 0 Å². The fourth-order valence-electron chi connectivity index (χ4n) is 3.49. The molecule has 1 aliphatic rings. The van der Waals surface area contributed by atoms with Crippen molar-refractivity contribution in [2.75, 3.05) is 61.7 Å². The van der Waals surface area contributed by atoms with Gasteiger partial charge in [-0.05, 0) is 52.9 Å². The quantitative estimate of drug-likeness (QED) is 0.679. The summed E-state index contributed by atoms with van der Waals surface area (Å²) in [7, 11) is 8.70. The van der Waals surface area contributed by atoms with Crippen LogP contribution in [0.25, 0.3) is 21.5 Å². The lowest BCUT2D eigenvalue weighted by Crippen LogP contribution is -2.40. The summed E-state index contributed by atoms with van der Waals surface area (Å²) in [6.45, 7) is 4.74. The van der Waals surface area contributed by atoms with Crippen molar-refractivity contribution in [1.82, 2.24) is 10.2 Å². The molecule has 0 radical (unpaired) electrons. The summed E-state index contributed by atoms with van der Waals surface area (Å²) in [5.74, 6) is 2.85. The molecule has 1 heterocycles. The number of piperazine rings is 1. The SMILES string of the molecule is CN1CCNCC1.COc1cc2ccc3cc(OC)c(OC)cc3c2cc1OC. The molecule has 6 nitrogen and oxygen atoms in total. The maximum atomic E-state index is 5.41. The Kier molecular flexibility index (Phi) is 7.01. The first kappa shape index (κ1) is 21.0. The predicted octanol–water partition coefficient (Wildman–Crippen LogP) is 3.55. The van der Waals surface area contributed by atoms with E-state index < -0.39 is 0 Å². The van der Waals surface area contributed by atoms with Crippen molar-refractivity contribution in [2.24, 2.45) is 0 Å². The Hall–Kier alpha value is -2.70. The van der Waals surface area contributed by atoms with Crippen LogP contribution in [0, 0.1) is 0 Å². The normalized spacial score (nSPS) is 14.2. The smallest absolute Gasteiger partial charge is 0.161 e. The fourth-order valence-corrected chi connectivity index (χ4v) is 3.49. The van der Waals surface area contributed by atoms with E-state index in [1.54, 1.807) is 28.4 Å². The summed E-state index contributed by atoms with van der Waals surface area (Å²) in [5, 5.41) is 7.59. The zero-order chi connectivity index (χ0) is 20.8. The first-order valence-corrected chi connectivity index (χ1v) is 9.71. The first-order chi connectivity index (χ1) is 14.1. The van der Waals surface area contributed by atoms with Crippen molar-refractivity contribution < 1.29 is 18.9 Å². The molecule has 6 heteroatoms. The van der Waals surface area contributed by atoms with Gasteiger partial charge in [0.15, 0.2) is 23.0 Å². The number of nitrogens with one attached hydrogen (secondary N) is 1. The Balaban J connectivity index is 0.000000290. The Bertz CT molecular complexity index is 897. The molecule has 0 bridgehead atoms. The van der Waals surface area contributed by atoms with Crippen molar-refractivity contribution in [3.63, 3.8) is 0 Å². The second-order valence-electron chi connectivity index (χ2n) is 6.98. The third-order valence-corrected chi connectivity index (χ3v) is 5.18. The van der Waals surface area contributed by atoms with Gasteiger partial charge in [-0.3, -0.25) is 0 Å². The number of hydrogen-bond donors (Lipinski definition) is 1. The molecule has 0 atom stereocenters. The fraction of sp³-hybridized carbons (Fsp3) is 0.391. The van der Waals surface area contributed by atoms with E-state index in [9.17, 15) is 0 Å². The molecule has 1 aliphatic heterocycles. The van der Waals surface area contributed by atoms with Crippen LogP contribution >= 0.6 is 0 Å². The predicted molar refractivity (Wildman–Crippen MR) is 118 cm³/mol. The Labute approximate surface area is 172 Å². The van der Waals surface area contributed by atoms with Gasteiger partial charge in [-0.15, -0.1) is 0 Å². The van der Waals surface area contributed by atoms with Crippen molar-refractivity contribution in [1.29, 1.82) is 0 Å². The second kappa shape index (κ2) is 9.67. The van der Waals surface area contributed by atoms with Crippen LogP contribution in [-0.4, -0.2) is 66.6 Å². The molecule has 0 aliphatic carbocycles. The van der Waals surface area contributed by atoms with E-state index in [0.29, 0.717) is 11.5 Å². The molecule has 3 aromatic rings. The van der Waals surface area contributed by atoms with Crippen molar-refractivity contribution in [3.8, 4) is 23.0 Å². The minimum atomic E-state index is 0.706. The van der Waals surface area contributed by atoms with Crippen LogP contribution in [0.5, 0.6) is 23.0 Å². The van der Waals surface area contributed by atoms with Gasteiger partial charge in [-0.25, -0.2) is 0 Å². The lowest BCUT2D eigenvalue weighted by atomic mass is 10.0. The molecule has 1 N–H and O–H groups in total. The van der Waals surface area contributed by atoms with E-state index in [1.165, 1.54) is 13.1 Å². The Morgan fingerprint density at radius 3 is 1.34 bits per heavy atom. The van der Waals surface area contributed by atoms with Gasteiger partial charge in [0, 0.05) is 26.2 Å². The molecule has 0 saturated carbocycles. The number of likely N-dealkylation sites (N-methyl/N-ethyl adjacent to an activating group) is 1. The number of ether oxygens (including phenoxy) is 4. The number of benzene rings is 3. The topological polar surface area (TPSA) is 52.2 Å². The van der Waals surface area contributed by atoms with Crippen LogP contribution < -0.4 is 24.3 Å². The summed E-state index contributed by atoms with van der Waals surface area (Å²) in [6.07, 6.45) is 0. The molecular formula is C23H30N2O4. The van der Waals surface area contributed by atoms with Crippen LogP contribution in [0.1, 0.15) is 0 Å². The van der Waals surface area contributed by atoms with E-state index in [0.717, 1.165) is 46.1 Å². The van der Waals surface area contributed by atoms with Gasteiger partial charge in [-0.1, -0.05) is 12.1 Å². The molecule has 29 heavy (non-hydrogen) atoms. The number of fused-ring (bicyclic) bond motifs is 3. The van der Waals surface area contributed by atoms with E-state index in [4.69, 9.17) is 18.9 Å². The molecule has 1 fully saturated rings. The molecular weight excluding hydrogens is 368 g/mol. The van der Waals surface area contributed by atoms with Crippen LogP contribution in [0.2, 0.25) is 0 Å². The molecule has 0 unspecified atom stereocenters. The zero-order valence-corrected chi connectivity index (χ0v) is 17.9. The van der Waals surface area contributed by atoms with E-state index in [1.807, 2.05) is 24.3 Å². The maximum absolute atomic E-state index is 5.41. The minimum Gasteiger partial charge on any atom is -0.493 e. The molecule has 0 aromatic heterocycles. The summed E-state index contributed by atoms with van der Waals surface area (Å²) in [6, 6.07) is 12.1. The highest BCUT2D eigenvalue weighted by atomic mass is 16.5. The van der Waals surface area contributed by atoms with Crippen LogP contribution in [0.15, 0.2) is 36.4 Å². The average Bonchev–Trinajstić information content (AvgIpc) is 2.77. The molecule has 1 saturated heterocycles. The highest BCUT2D eigenvalue weighted by molar-refractivity contribution is 6.09. The number of hydrogen-bond acceptors (Lipinski definition) is 6. The molecule has 0 amide bonds. The number of nitrogens with zero attached hydrogens (tertiary/aromatic N) is 1. The van der Waals surface area contributed by atoms with Crippen LogP contribution in [0.3, 0.4) is 0 Å². The molecule has 156 valence electrons.